The average molecular weight is 173 g/mol. The van der Waals surface area contributed by atoms with Crippen LogP contribution in [0.15, 0.2) is 23.8 Å². The Bertz CT molecular complexity index is 113. The van der Waals surface area contributed by atoms with Crippen LogP contribution in [0.4, 0.5) is 0 Å². The minimum Gasteiger partial charge on any atom is -0.403 e. The lowest BCUT2D eigenvalue weighted by Crippen LogP contribution is -1.89. The first-order valence-corrected chi connectivity index (χ1v) is 4.95. The molecular weight excluding hydrogens is 154 g/mol. The summed E-state index contributed by atoms with van der Waals surface area (Å²) in [7, 11) is 0. The zero-order valence-corrected chi connectivity index (χ0v) is 8.63. The molecule has 11 heavy (non-hydrogen) atoms. The van der Waals surface area contributed by atoms with Crippen molar-refractivity contribution < 1.29 is 0 Å². The zero-order valence-electron chi connectivity index (χ0n) is 7.81. The first-order chi connectivity index (χ1) is 5.08. The molecule has 1 nitrogen and oxygen atoms in total. The summed E-state index contributed by atoms with van der Waals surface area (Å²) in [6.45, 7) is 11.3. The second-order valence-corrected chi connectivity index (χ2v) is 3.09. The lowest BCUT2D eigenvalue weighted by molar-refractivity contribution is 1.08. The fourth-order valence-electron chi connectivity index (χ4n) is 0.144. The Morgan fingerprint density at radius 3 is 1.64 bits per heavy atom. The van der Waals surface area contributed by atoms with Gasteiger partial charge in [0.15, 0.2) is 0 Å². The van der Waals surface area contributed by atoms with Crippen LogP contribution < -0.4 is 5.73 Å². The quantitative estimate of drug-likeness (QED) is 0.709. The molecule has 0 saturated heterocycles. The zero-order chi connectivity index (χ0) is 9.28. The fraction of sp³-hybridized carbons (Fsp3) is 0.556. The van der Waals surface area contributed by atoms with Gasteiger partial charge in [0.25, 0.3) is 0 Å². The lowest BCUT2D eigenvalue weighted by Gasteiger charge is -1.88. The summed E-state index contributed by atoms with van der Waals surface area (Å²) >= 11 is 1.73. The van der Waals surface area contributed by atoms with E-state index in [0.29, 0.717) is 0 Å². The van der Waals surface area contributed by atoms with Gasteiger partial charge in [-0.2, -0.15) is 0 Å². The molecule has 2 N–H and O–H groups in total. The molecule has 0 rings (SSSR count). The van der Waals surface area contributed by atoms with E-state index in [1.54, 1.807) is 11.8 Å². The monoisotopic (exact) mass is 173 g/mol. The lowest BCUT2D eigenvalue weighted by atomic mass is 10.4. The number of allylic oxidation sites excluding steroid dienone is 2. The maximum absolute atomic E-state index is 5.10. The minimum absolute atomic E-state index is 0.755. The molecule has 0 saturated carbocycles. The minimum atomic E-state index is 0.755. The Balaban J connectivity index is 0. The summed E-state index contributed by atoms with van der Waals surface area (Å²) in [5.74, 6) is 0. The van der Waals surface area contributed by atoms with Gasteiger partial charge < -0.3 is 5.73 Å². The first-order valence-electron chi connectivity index (χ1n) is 3.73. The van der Waals surface area contributed by atoms with E-state index in [2.05, 4.69) is 20.1 Å². The number of hydrogen-bond donors (Lipinski definition) is 1. The molecule has 0 amide bonds. The third-order valence-electron chi connectivity index (χ3n) is 1.14. The van der Waals surface area contributed by atoms with Crippen molar-refractivity contribution >= 4 is 11.8 Å². The van der Waals surface area contributed by atoms with Gasteiger partial charge >= 0.3 is 0 Å². The number of nitrogens with two attached hydrogens (primary N) is 1. The van der Waals surface area contributed by atoms with Crippen LogP contribution in [0.25, 0.3) is 0 Å². The highest BCUT2D eigenvalue weighted by atomic mass is 32.2. The van der Waals surface area contributed by atoms with E-state index in [1.807, 2.05) is 13.2 Å². The predicted octanol–water partition coefficient (Wildman–Crippen LogP) is 3.14. The predicted molar refractivity (Wildman–Crippen MR) is 56.6 cm³/mol. The molecule has 0 heterocycles. The van der Waals surface area contributed by atoms with Crippen LogP contribution in [0, 0.1) is 0 Å². The summed E-state index contributed by atoms with van der Waals surface area (Å²) in [4.78, 5) is 1.26. The van der Waals surface area contributed by atoms with Gasteiger partial charge in [-0.05, 0) is 24.0 Å². The maximum atomic E-state index is 5.10. The summed E-state index contributed by atoms with van der Waals surface area (Å²) < 4.78 is 0. The van der Waals surface area contributed by atoms with E-state index < -0.39 is 0 Å². The molecular formula is C9H19NS. The van der Waals surface area contributed by atoms with Crippen molar-refractivity contribution in [3.05, 3.63) is 23.8 Å². The van der Waals surface area contributed by atoms with Crippen molar-refractivity contribution in [1.82, 2.24) is 0 Å². The Morgan fingerprint density at radius 2 is 1.64 bits per heavy atom. The van der Waals surface area contributed by atoms with Gasteiger partial charge in [-0.15, -0.1) is 11.8 Å². The molecule has 0 bridgehead atoms. The van der Waals surface area contributed by atoms with Crippen LogP contribution in [-0.2, 0) is 0 Å². The Labute approximate surface area is 74.7 Å². The number of hydrogen-bond acceptors (Lipinski definition) is 2. The third kappa shape index (κ3) is 17.7. The highest BCUT2D eigenvalue weighted by Crippen LogP contribution is 2.10. The van der Waals surface area contributed by atoms with Gasteiger partial charge in [0.2, 0.25) is 0 Å². The summed E-state index contributed by atoms with van der Waals surface area (Å²) in [5, 5.41) is 0. The molecule has 0 aliphatic rings. The van der Waals surface area contributed by atoms with E-state index in [0.717, 1.165) is 18.5 Å². The summed E-state index contributed by atoms with van der Waals surface area (Å²) in [5.41, 5.74) is 5.85. The van der Waals surface area contributed by atoms with Crippen LogP contribution in [0.5, 0.6) is 0 Å². The highest BCUT2D eigenvalue weighted by molar-refractivity contribution is 8.02. The smallest absolute Gasteiger partial charge is 0.000466 e. The molecule has 0 aliphatic carbocycles. The molecule has 0 radical (unpaired) electrons. The normalized spacial score (nSPS) is 7.91. The van der Waals surface area contributed by atoms with Crippen molar-refractivity contribution in [2.45, 2.75) is 26.7 Å². The van der Waals surface area contributed by atoms with Gasteiger partial charge in [0.05, 0.1) is 0 Å². The van der Waals surface area contributed by atoms with Crippen molar-refractivity contribution in [1.29, 1.82) is 0 Å². The molecule has 0 aromatic heterocycles. The molecule has 66 valence electrons. The van der Waals surface area contributed by atoms with E-state index in [9.17, 15) is 0 Å². The van der Waals surface area contributed by atoms with Gasteiger partial charge in [-0.25, -0.2) is 0 Å². The second kappa shape index (κ2) is 9.63. The molecule has 0 aliphatic heterocycles. The molecule has 0 aromatic carbocycles. The van der Waals surface area contributed by atoms with Gasteiger partial charge in [0, 0.05) is 5.70 Å². The van der Waals surface area contributed by atoms with E-state index in [1.165, 1.54) is 4.91 Å². The van der Waals surface area contributed by atoms with Crippen LogP contribution >= 0.6 is 11.8 Å². The van der Waals surface area contributed by atoms with Gasteiger partial charge in [0.1, 0.15) is 0 Å². The van der Waals surface area contributed by atoms with E-state index in [4.69, 9.17) is 5.73 Å². The Morgan fingerprint density at radius 1 is 1.27 bits per heavy atom. The summed E-state index contributed by atoms with van der Waals surface area (Å²) in [6, 6.07) is 0. The van der Waals surface area contributed by atoms with Crippen molar-refractivity contribution in [2.75, 3.05) is 6.26 Å². The number of rotatable bonds is 3. The topological polar surface area (TPSA) is 26.0 Å². The fourth-order valence-corrected chi connectivity index (χ4v) is 0.433. The standard InChI is InChI=1S/C5H10S.C4H9N/c1-4-5(2)6-3;1-3-4(2)5/h2,4H2,1,3H3;2-3,5H2,1H3. The highest BCUT2D eigenvalue weighted by Gasteiger charge is 1.78. The second-order valence-electron chi connectivity index (χ2n) is 2.11. The van der Waals surface area contributed by atoms with Crippen LogP contribution in [0.1, 0.15) is 26.7 Å². The number of thioether (sulfide) groups is 1. The Hall–Kier alpha value is -0.370. The van der Waals surface area contributed by atoms with Crippen LogP contribution in [0.3, 0.4) is 0 Å². The van der Waals surface area contributed by atoms with Gasteiger partial charge in [-0.1, -0.05) is 27.0 Å². The molecule has 0 spiro atoms. The molecule has 0 atom stereocenters. The molecule has 2 heteroatoms. The summed E-state index contributed by atoms with van der Waals surface area (Å²) in [6.07, 6.45) is 4.03. The van der Waals surface area contributed by atoms with Crippen molar-refractivity contribution in [2.24, 2.45) is 5.73 Å². The van der Waals surface area contributed by atoms with Gasteiger partial charge in [-0.3, -0.25) is 0 Å². The van der Waals surface area contributed by atoms with Crippen molar-refractivity contribution in [3.8, 4) is 0 Å². The Kier molecular flexibility index (Phi) is 11.6. The van der Waals surface area contributed by atoms with Crippen LogP contribution in [-0.4, -0.2) is 6.26 Å². The third-order valence-corrected chi connectivity index (χ3v) is 2.00. The SMILES string of the molecule is C=C(CC)SC.C=C(N)CC. The van der Waals surface area contributed by atoms with Crippen molar-refractivity contribution in [3.63, 3.8) is 0 Å². The first kappa shape index (κ1) is 13.2. The molecule has 0 fully saturated rings. The maximum Gasteiger partial charge on any atom is 0.000466 e. The average Bonchev–Trinajstić information content (AvgIpc) is 2.04. The molecule has 0 aromatic rings. The van der Waals surface area contributed by atoms with Crippen LogP contribution in [0.2, 0.25) is 0 Å². The molecule has 0 unspecified atom stereocenters. The largest absolute Gasteiger partial charge is 0.403 e. The van der Waals surface area contributed by atoms with E-state index in [-0.39, 0.29) is 0 Å². The van der Waals surface area contributed by atoms with E-state index >= 15 is 0 Å².